The van der Waals surface area contributed by atoms with Gasteiger partial charge in [-0.2, -0.15) is 0 Å². The van der Waals surface area contributed by atoms with Gasteiger partial charge in [0.1, 0.15) is 34.9 Å². The fourth-order valence-electron chi connectivity index (χ4n) is 4.88. The standard InChI is InChI=1S/C27H35F2N5O5S/c1-16(2)39-24(25-30-13-17(3)14-31-25)18(4)40(35,36)15-22-32-33-26(19-10-11-27(28,29)12-19)34(22)23-20(37-5)8-7-9-21(23)38-6/h7-9,13-14,16,18-19,24H,10-12,15H2,1-6H3/t18-,19-,24+/m0/s1. The monoisotopic (exact) mass is 579 g/mol. The first kappa shape index (κ1) is 29.8. The Hall–Kier alpha value is -3.19. The van der Waals surface area contributed by atoms with Crippen molar-refractivity contribution in [2.45, 2.75) is 82.0 Å². The van der Waals surface area contributed by atoms with E-state index in [2.05, 4.69) is 20.2 Å². The summed E-state index contributed by atoms with van der Waals surface area (Å²) >= 11 is 0. The van der Waals surface area contributed by atoms with Crippen LogP contribution in [0.3, 0.4) is 0 Å². The van der Waals surface area contributed by atoms with Gasteiger partial charge in [0.05, 0.1) is 25.6 Å². The number of nitrogens with zero attached hydrogens (tertiary/aromatic N) is 5. The van der Waals surface area contributed by atoms with Gasteiger partial charge in [0.25, 0.3) is 0 Å². The first-order valence-corrected chi connectivity index (χ1v) is 14.8. The lowest BCUT2D eigenvalue weighted by Crippen LogP contribution is -2.32. The number of benzene rings is 1. The Morgan fingerprint density at radius 1 is 1.07 bits per heavy atom. The Labute approximate surface area is 233 Å². The van der Waals surface area contributed by atoms with Crippen LogP contribution in [0.5, 0.6) is 11.5 Å². The summed E-state index contributed by atoms with van der Waals surface area (Å²) in [5.74, 6) is -2.79. The highest BCUT2D eigenvalue weighted by Gasteiger charge is 2.43. The molecule has 0 saturated heterocycles. The largest absolute Gasteiger partial charge is 0.494 e. The Kier molecular flexibility index (Phi) is 8.74. The van der Waals surface area contributed by atoms with Crippen molar-refractivity contribution in [3.8, 4) is 17.2 Å². The van der Waals surface area contributed by atoms with E-state index in [0.717, 1.165) is 5.56 Å². The first-order chi connectivity index (χ1) is 18.9. The van der Waals surface area contributed by atoms with Crippen LogP contribution in [0.4, 0.5) is 8.78 Å². The van der Waals surface area contributed by atoms with Gasteiger partial charge in [-0.25, -0.2) is 27.2 Å². The maximum absolute atomic E-state index is 14.2. The Morgan fingerprint density at radius 3 is 2.23 bits per heavy atom. The molecule has 0 radical (unpaired) electrons. The first-order valence-electron chi connectivity index (χ1n) is 13.1. The van der Waals surface area contributed by atoms with Crippen LogP contribution in [0, 0.1) is 6.92 Å². The van der Waals surface area contributed by atoms with Gasteiger partial charge in [-0.3, -0.25) is 4.57 Å². The lowest BCUT2D eigenvalue weighted by atomic mass is 10.1. The lowest BCUT2D eigenvalue weighted by molar-refractivity contribution is 0.00138. The number of methoxy groups -OCH3 is 2. The van der Waals surface area contributed by atoms with Gasteiger partial charge in [-0.1, -0.05) is 6.07 Å². The molecule has 0 N–H and O–H groups in total. The SMILES string of the molecule is COc1cccc(OC)c1-n1c(CS(=O)(=O)[C@@H](C)[C@@H](OC(C)C)c2ncc(C)cn2)nnc1[C@H]1CCC(F)(F)C1. The molecule has 218 valence electrons. The number of alkyl halides is 2. The number of aryl methyl sites for hydroxylation is 1. The zero-order chi connectivity index (χ0) is 29.2. The number of hydrogen-bond donors (Lipinski definition) is 0. The van der Waals surface area contributed by atoms with Crippen molar-refractivity contribution in [1.29, 1.82) is 0 Å². The molecule has 0 spiro atoms. The van der Waals surface area contributed by atoms with Crippen LogP contribution in [0.25, 0.3) is 5.69 Å². The predicted molar refractivity (Wildman–Crippen MR) is 144 cm³/mol. The normalized spacial score (nSPS) is 18.6. The van der Waals surface area contributed by atoms with Gasteiger partial charge in [0, 0.05) is 31.2 Å². The zero-order valence-electron chi connectivity index (χ0n) is 23.5. The minimum Gasteiger partial charge on any atom is -0.494 e. The quantitative estimate of drug-likeness (QED) is 0.317. The van der Waals surface area contributed by atoms with E-state index < -0.39 is 45.2 Å². The minimum atomic E-state index is -3.98. The highest BCUT2D eigenvalue weighted by atomic mass is 32.2. The van der Waals surface area contributed by atoms with Gasteiger partial charge >= 0.3 is 0 Å². The van der Waals surface area contributed by atoms with Crippen LogP contribution >= 0.6 is 0 Å². The van der Waals surface area contributed by atoms with Gasteiger partial charge in [-0.15, -0.1) is 10.2 Å². The maximum Gasteiger partial charge on any atom is 0.248 e. The number of halogens is 2. The molecule has 10 nitrogen and oxygen atoms in total. The molecule has 0 aliphatic heterocycles. The smallest absolute Gasteiger partial charge is 0.248 e. The molecule has 4 rings (SSSR count). The van der Waals surface area contributed by atoms with Crippen molar-refractivity contribution in [1.82, 2.24) is 24.7 Å². The van der Waals surface area contributed by atoms with Crippen molar-refractivity contribution in [2.24, 2.45) is 0 Å². The van der Waals surface area contributed by atoms with E-state index in [1.165, 1.54) is 25.7 Å². The second kappa shape index (κ2) is 11.7. The van der Waals surface area contributed by atoms with Crippen LogP contribution in [0.2, 0.25) is 0 Å². The molecular formula is C27H35F2N5O5S. The molecule has 1 fully saturated rings. The summed E-state index contributed by atoms with van der Waals surface area (Å²) in [5.41, 5.74) is 1.17. The molecule has 1 saturated carbocycles. The summed E-state index contributed by atoms with van der Waals surface area (Å²) in [6.45, 7) is 6.97. The number of hydrogen-bond acceptors (Lipinski definition) is 9. The molecule has 0 unspecified atom stereocenters. The number of aromatic nitrogens is 5. The molecule has 0 bridgehead atoms. The lowest BCUT2D eigenvalue weighted by Gasteiger charge is -2.25. The van der Waals surface area contributed by atoms with E-state index in [0.29, 0.717) is 17.2 Å². The van der Waals surface area contributed by atoms with Crippen LogP contribution < -0.4 is 9.47 Å². The van der Waals surface area contributed by atoms with E-state index in [1.807, 2.05) is 6.92 Å². The van der Waals surface area contributed by atoms with Crippen LogP contribution in [0.15, 0.2) is 30.6 Å². The third-order valence-electron chi connectivity index (χ3n) is 6.95. The molecule has 0 amide bonds. The number of ether oxygens (including phenoxy) is 3. The summed E-state index contributed by atoms with van der Waals surface area (Å²) < 4.78 is 74.9. The van der Waals surface area contributed by atoms with Crippen LogP contribution in [-0.2, 0) is 20.3 Å². The molecular weight excluding hydrogens is 544 g/mol. The fraction of sp³-hybridized carbons (Fsp3) is 0.556. The summed E-state index contributed by atoms with van der Waals surface area (Å²) in [6, 6.07) is 5.06. The highest BCUT2D eigenvalue weighted by molar-refractivity contribution is 7.91. The van der Waals surface area contributed by atoms with Gasteiger partial charge in [0.15, 0.2) is 21.5 Å². The number of sulfone groups is 1. The van der Waals surface area contributed by atoms with Gasteiger partial charge in [-0.05, 0) is 51.8 Å². The molecule has 13 heteroatoms. The molecule has 2 aromatic heterocycles. The Morgan fingerprint density at radius 2 is 1.70 bits per heavy atom. The summed E-state index contributed by atoms with van der Waals surface area (Å²) in [6.07, 6.45) is 1.43. The van der Waals surface area contributed by atoms with Crippen molar-refractivity contribution in [2.75, 3.05) is 14.2 Å². The minimum absolute atomic E-state index is 0.0491. The Bertz CT molecular complexity index is 1410. The third-order valence-corrected chi connectivity index (χ3v) is 8.99. The second-order valence-corrected chi connectivity index (χ2v) is 12.7. The van der Waals surface area contributed by atoms with Crippen molar-refractivity contribution in [3.63, 3.8) is 0 Å². The Balaban J connectivity index is 1.80. The predicted octanol–water partition coefficient (Wildman–Crippen LogP) is 4.76. The van der Waals surface area contributed by atoms with E-state index >= 15 is 0 Å². The zero-order valence-corrected chi connectivity index (χ0v) is 24.3. The molecule has 1 aromatic carbocycles. The maximum atomic E-state index is 14.2. The van der Waals surface area contributed by atoms with E-state index in [9.17, 15) is 17.2 Å². The van der Waals surface area contributed by atoms with Gasteiger partial charge in [0.2, 0.25) is 5.92 Å². The van der Waals surface area contributed by atoms with E-state index in [1.54, 1.807) is 44.4 Å². The molecule has 3 atom stereocenters. The number of para-hydroxylation sites is 1. The van der Waals surface area contributed by atoms with Crippen molar-refractivity contribution in [3.05, 3.63) is 53.6 Å². The average molecular weight is 580 g/mol. The molecule has 3 aromatic rings. The van der Waals surface area contributed by atoms with E-state index in [-0.39, 0.29) is 36.4 Å². The third kappa shape index (κ3) is 6.25. The number of rotatable bonds is 11. The van der Waals surface area contributed by atoms with Crippen molar-refractivity contribution >= 4 is 9.84 Å². The summed E-state index contributed by atoms with van der Waals surface area (Å²) in [4.78, 5) is 8.63. The highest BCUT2D eigenvalue weighted by Crippen LogP contribution is 2.45. The molecule has 2 heterocycles. The topological polar surface area (TPSA) is 118 Å². The van der Waals surface area contributed by atoms with Crippen molar-refractivity contribution < 1.29 is 31.4 Å². The summed E-state index contributed by atoms with van der Waals surface area (Å²) in [7, 11) is -1.06. The average Bonchev–Trinajstić information content (AvgIpc) is 3.48. The second-order valence-electron chi connectivity index (χ2n) is 10.4. The van der Waals surface area contributed by atoms with E-state index in [4.69, 9.17) is 14.2 Å². The fourth-order valence-corrected chi connectivity index (χ4v) is 6.25. The van der Waals surface area contributed by atoms with Gasteiger partial charge < -0.3 is 14.2 Å². The van der Waals surface area contributed by atoms with Crippen LogP contribution in [-0.4, -0.2) is 64.6 Å². The molecule has 1 aliphatic carbocycles. The molecule has 40 heavy (non-hydrogen) atoms. The van der Waals surface area contributed by atoms with Crippen LogP contribution in [0.1, 0.15) is 75.1 Å². The molecule has 1 aliphatic rings. The summed E-state index contributed by atoms with van der Waals surface area (Å²) in [5, 5.41) is 7.39.